The normalized spacial score (nSPS) is 10.1. The average Bonchev–Trinajstić information content (AvgIpc) is 2.95. The molecule has 0 bridgehead atoms. The second-order valence-corrected chi connectivity index (χ2v) is 6.43. The van der Waals surface area contributed by atoms with Gasteiger partial charge in [-0.15, -0.1) is 10.2 Å². The summed E-state index contributed by atoms with van der Waals surface area (Å²) in [6.07, 6.45) is 0. The van der Waals surface area contributed by atoms with E-state index in [-0.39, 0.29) is 16.6 Å². The van der Waals surface area contributed by atoms with E-state index in [2.05, 4.69) is 33.9 Å². The molecule has 0 saturated carbocycles. The van der Waals surface area contributed by atoms with Crippen LogP contribution >= 0.6 is 33.9 Å². The van der Waals surface area contributed by atoms with Gasteiger partial charge in [0.25, 0.3) is 5.91 Å². The van der Waals surface area contributed by atoms with Gasteiger partial charge in [0.2, 0.25) is 16.0 Å². The van der Waals surface area contributed by atoms with Gasteiger partial charge in [0.05, 0.1) is 10.7 Å². The van der Waals surface area contributed by atoms with Crippen LogP contribution in [0.5, 0.6) is 5.75 Å². The van der Waals surface area contributed by atoms with Crippen LogP contribution in [0.4, 0.5) is 10.3 Å². The summed E-state index contributed by atoms with van der Waals surface area (Å²) in [6, 6.07) is 1.39. The minimum atomic E-state index is -0.739. The van der Waals surface area contributed by atoms with E-state index in [0.717, 1.165) is 11.3 Å². The number of nitrogens with zero attached hydrogens (tertiary/aromatic N) is 4. The highest BCUT2D eigenvalue weighted by Gasteiger charge is 2.18. The number of amides is 1. The van der Waals surface area contributed by atoms with Gasteiger partial charge < -0.3 is 9.15 Å². The maximum Gasteiger partial charge on any atom is 0.380 e. The number of anilines is 2. The molecule has 1 amide bonds. The van der Waals surface area contributed by atoms with Crippen LogP contribution in [0.2, 0.25) is 0 Å². The predicted octanol–water partition coefficient (Wildman–Crippen LogP) is 2.31. The van der Waals surface area contributed by atoms with Crippen LogP contribution in [0.1, 0.15) is 17.5 Å². The number of carbonyl (C=O) groups excluding carboxylic acids is 1. The van der Waals surface area contributed by atoms with E-state index < -0.39 is 11.5 Å². The lowest BCUT2D eigenvalue weighted by Gasteiger charge is -2.12. The Morgan fingerprint density at radius 3 is 2.79 bits per heavy atom. The minimum Gasteiger partial charge on any atom is -0.489 e. The highest BCUT2D eigenvalue weighted by Crippen LogP contribution is 2.27. The van der Waals surface area contributed by atoms with Crippen molar-refractivity contribution < 1.29 is 13.9 Å². The smallest absolute Gasteiger partial charge is 0.380 e. The Kier molecular flexibility index (Phi) is 5.66. The third-order valence-electron chi connectivity index (χ3n) is 2.61. The van der Waals surface area contributed by atoms with Crippen LogP contribution in [0, 0.1) is 3.57 Å². The van der Waals surface area contributed by atoms with E-state index in [1.807, 2.05) is 22.6 Å². The quantitative estimate of drug-likeness (QED) is 0.400. The summed E-state index contributed by atoms with van der Waals surface area (Å²) >= 11 is 2.94. The zero-order valence-corrected chi connectivity index (χ0v) is 15.7. The summed E-state index contributed by atoms with van der Waals surface area (Å²) in [5.41, 5.74) is -0.147. The molecule has 2 rings (SSSR count). The Labute approximate surface area is 154 Å². The molecule has 0 aliphatic carbocycles. The second-order valence-electron chi connectivity index (χ2n) is 4.31. The number of carbonyl (C=O) groups is 1. The van der Waals surface area contributed by atoms with Gasteiger partial charge in [-0.3, -0.25) is 10.1 Å². The molecular weight excluding hydrogens is 449 g/mol. The number of hydrogen-bond donors (Lipinski definition) is 1. The Morgan fingerprint density at radius 2 is 2.25 bits per heavy atom. The topological polar surface area (TPSA) is 110 Å². The number of nitrogens with one attached hydrogen (secondary N) is 1. The first kappa shape index (κ1) is 18.1. The van der Waals surface area contributed by atoms with Crippen LogP contribution in [0.25, 0.3) is 0 Å². The third kappa shape index (κ3) is 3.79. The molecule has 0 unspecified atom stereocenters. The van der Waals surface area contributed by atoms with Gasteiger partial charge in [-0.2, -0.15) is 5.10 Å². The fraction of sp³-hybridized carbons (Fsp3) is 0.154. The number of hydrogen-bond acceptors (Lipinski definition) is 9. The second kappa shape index (κ2) is 7.53. The van der Waals surface area contributed by atoms with E-state index in [9.17, 15) is 9.59 Å². The lowest BCUT2D eigenvalue weighted by Crippen LogP contribution is -2.16. The summed E-state index contributed by atoms with van der Waals surface area (Å²) in [6.45, 7) is 8.88. The van der Waals surface area contributed by atoms with Crippen molar-refractivity contribution in [3.05, 3.63) is 38.1 Å². The number of rotatable bonds is 6. The zero-order chi connectivity index (χ0) is 17.9. The molecule has 0 aliphatic heterocycles. The van der Waals surface area contributed by atoms with Crippen molar-refractivity contribution >= 4 is 56.8 Å². The molecule has 0 saturated heterocycles. The summed E-state index contributed by atoms with van der Waals surface area (Å²) < 4.78 is 10.3. The van der Waals surface area contributed by atoms with Crippen molar-refractivity contribution in [1.82, 2.24) is 10.2 Å². The number of hydrazone groups is 1. The van der Waals surface area contributed by atoms with Crippen molar-refractivity contribution in [2.75, 3.05) is 17.4 Å². The summed E-state index contributed by atoms with van der Waals surface area (Å²) in [4.78, 5) is 23.9. The van der Waals surface area contributed by atoms with Gasteiger partial charge in [-0.25, -0.2) is 9.80 Å². The maximum absolute atomic E-state index is 12.2. The summed E-state index contributed by atoms with van der Waals surface area (Å²) in [5, 5.41) is 15.9. The molecule has 0 fully saturated rings. The summed E-state index contributed by atoms with van der Waals surface area (Å²) in [5.74, 6) is -0.760. The first-order chi connectivity index (χ1) is 11.4. The molecule has 11 heteroatoms. The number of aromatic nitrogens is 2. The van der Waals surface area contributed by atoms with Crippen molar-refractivity contribution in [2.45, 2.75) is 6.92 Å². The molecule has 0 radical (unpaired) electrons. The Bertz CT molecular complexity index is 862. The SMILES string of the molecule is C=NN(C(=C)C)c1nnc(NC(=O)c2cc(I)c(OC)c(=O)o2)s1. The van der Waals surface area contributed by atoms with Gasteiger partial charge in [-0.1, -0.05) is 17.9 Å². The number of halogens is 1. The van der Waals surface area contributed by atoms with E-state index in [1.54, 1.807) is 6.92 Å². The largest absolute Gasteiger partial charge is 0.489 e. The van der Waals surface area contributed by atoms with Crippen LogP contribution in [0.3, 0.4) is 0 Å². The first-order valence-corrected chi connectivity index (χ1v) is 8.21. The fourth-order valence-corrected chi connectivity index (χ4v) is 3.10. The van der Waals surface area contributed by atoms with E-state index in [1.165, 1.54) is 18.2 Å². The standard InChI is InChI=1S/C13H12IN5O4S/c1-6(2)19(15-3)13-18-17-12(24-13)16-10(20)8-5-7(14)9(22-4)11(21)23-8/h5H,1,3H2,2,4H3,(H,16,17,20). The van der Waals surface area contributed by atoms with Gasteiger partial charge >= 0.3 is 5.63 Å². The fourth-order valence-electron chi connectivity index (χ4n) is 1.60. The van der Waals surface area contributed by atoms with Crippen LogP contribution in [0.15, 0.2) is 32.7 Å². The molecular formula is C13H12IN5O4S. The van der Waals surface area contributed by atoms with Gasteiger partial charge in [0.15, 0.2) is 5.76 Å². The highest BCUT2D eigenvalue weighted by atomic mass is 127. The molecule has 126 valence electrons. The molecule has 1 N–H and O–H groups in total. The number of ether oxygens (including phenoxy) is 1. The van der Waals surface area contributed by atoms with Crippen molar-refractivity contribution in [3.63, 3.8) is 0 Å². The Morgan fingerprint density at radius 1 is 1.54 bits per heavy atom. The van der Waals surface area contributed by atoms with Crippen molar-refractivity contribution in [2.24, 2.45) is 5.10 Å². The molecule has 2 aromatic rings. The summed E-state index contributed by atoms with van der Waals surface area (Å²) in [7, 11) is 1.35. The molecule has 0 atom stereocenters. The van der Waals surface area contributed by atoms with E-state index >= 15 is 0 Å². The molecule has 9 nitrogen and oxygen atoms in total. The zero-order valence-electron chi connectivity index (χ0n) is 12.7. The van der Waals surface area contributed by atoms with Crippen molar-refractivity contribution in [1.29, 1.82) is 0 Å². The molecule has 2 aromatic heterocycles. The Balaban J connectivity index is 2.22. The van der Waals surface area contributed by atoms with Crippen LogP contribution < -0.4 is 20.7 Å². The average molecular weight is 461 g/mol. The van der Waals surface area contributed by atoms with Crippen LogP contribution in [-0.2, 0) is 0 Å². The van der Waals surface area contributed by atoms with E-state index in [0.29, 0.717) is 14.4 Å². The van der Waals surface area contributed by atoms with E-state index in [4.69, 9.17) is 9.15 Å². The molecule has 0 aliphatic rings. The van der Waals surface area contributed by atoms with Gasteiger partial charge in [0, 0.05) is 18.5 Å². The molecule has 2 heterocycles. The first-order valence-electron chi connectivity index (χ1n) is 6.32. The number of allylic oxidation sites excluding steroid dienone is 1. The third-order valence-corrected chi connectivity index (χ3v) is 4.23. The minimum absolute atomic E-state index is 0.0412. The van der Waals surface area contributed by atoms with Gasteiger partial charge in [-0.05, 0) is 29.5 Å². The lowest BCUT2D eigenvalue weighted by atomic mass is 10.3. The lowest BCUT2D eigenvalue weighted by molar-refractivity contribution is 0.0991. The van der Waals surface area contributed by atoms with Gasteiger partial charge in [0.1, 0.15) is 0 Å². The number of methoxy groups -OCH3 is 1. The van der Waals surface area contributed by atoms with Crippen molar-refractivity contribution in [3.8, 4) is 5.75 Å². The maximum atomic E-state index is 12.2. The highest BCUT2D eigenvalue weighted by molar-refractivity contribution is 14.1. The molecule has 0 spiro atoms. The molecule has 24 heavy (non-hydrogen) atoms. The Hall–Kier alpha value is -2.28. The monoisotopic (exact) mass is 461 g/mol. The predicted molar refractivity (Wildman–Crippen MR) is 99.0 cm³/mol. The van der Waals surface area contributed by atoms with Crippen LogP contribution in [-0.4, -0.2) is 29.9 Å². The molecule has 0 aromatic carbocycles.